The van der Waals surface area contributed by atoms with E-state index in [1.54, 1.807) is 17.7 Å². The zero-order valence-corrected chi connectivity index (χ0v) is 20.6. The maximum Gasteiger partial charge on any atom is 0.280 e. The Kier molecular flexibility index (Phi) is 6.91. The van der Waals surface area contributed by atoms with Gasteiger partial charge in [0.15, 0.2) is 5.03 Å². The van der Waals surface area contributed by atoms with Gasteiger partial charge in [-0.15, -0.1) is 0 Å². The standard InChI is InChI=1S/C26H34N4O2S/c1-21-18-30(15-8-11-22-9-5-4-6-10-22)16-14-26(21,2)23-12-7-13-24(17-23)28-33(31,32)25-19-29(3)20-27-25/h4-7,9-10,12-13,17,19-21,28H,8,11,14-16,18H2,1-3H3. The van der Waals surface area contributed by atoms with E-state index in [1.165, 1.54) is 23.7 Å². The number of aryl methyl sites for hydroxylation is 2. The number of aromatic nitrogens is 2. The Morgan fingerprint density at radius 1 is 1.15 bits per heavy atom. The number of hydrogen-bond acceptors (Lipinski definition) is 4. The fraction of sp³-hybridized carbons (Fsp3) is 0.423. The van der Waals surface area contributed by atoms with E-state index in [1.807, 2.05) is 12.1 Å². The summed E-state index contributed by atoms with van der Waals surface area (Å²) in [5.41, 5.74) is 3.16. The van der Waals surface area contributed by atoms with Gasteiger partial charge in [0.05, 0.1) is 6.33 Å². The molecule has 2 atom stereocenters. The van der Waals surface area contributed by atoms with Gasteiger partial charge in [-0.05, 0) is 66.9 Å². The molecule has 2 heterocycles. The van der Waals surface area contributed by atoms with Gasteiger partial charge in [-0.1, -0.05) is 56.3 Å². The molecule has 4 rings (SSSR count). The summed E-state index contributed by atoms with van der Waals surface area (Å²) in [6, 6.07) is 18.5. The van der Waals surface area contributed by atoms with Crippen LogP contribution in [0.4, 0.5) is 5.69 Å². The maximum atomic E-state index is 12.7. The molecule has 1 aliphatic heterocycles. The minimum atomic E-state index is -3.71. The van der Waals surface area contributed by atoms with Gasteiger partial charge in [0.2, 0.25) is 0 Å². The number of nitrogens with one attached hydrogen (secondary N) is 1. The van der Waals surface area contributed by atoms with E-state index in [4.69, 9.17) is 0 Å². The lowest BCUT2D eigenvalue weighted by Gasteiger charge is -2.45. The van der Waals surface area contributed by atoms with Crippen molar-refractivity contribution < 1.29 is 8.42 Å². The highest BCUT2D eigenvalue weighted by Crippen LogP contribution is 2.40. The average Bonchev–Trinajstić information content (AvgIpc) is 3.24. The third-order valence-electron chi connectivity index (χ3n) is 7.08. The quantitative estimate of drug-likeness (QED) is 0.533. The minimum Gasteiger partial charge on any atom is -0.339 e. The molecule has 1 aromatic heterocycles. The molecule has 3 aromatic rings. The SMILES string of the molecule is CC1CN(CCCc2ccccc2)CCC1(C)c1cccc(NS(=O)(=O)c2cn(C)cn2)c1. The molecule has 0 bridgehead atoms. The summed E-state index contributed by atoms with van der Waals surface area (Å²) in [5, 5.41) is 0.0267. The first-order chi connectivity index (χ1) is 15.8. The van der Waals surface area contributed by atoms with Crippen LogP contribution in [0.25, 0.3) is 0 Å². The van der Waals surface area contributed by atoms with Gasteiger partial charge in [0.1, 0.15) is 0 Å². The fourth-order valence-electron chi connectivity index (χ4n) is 4.77. The van der Waals surface area contributed by atoms with Gasteiger partial charge in [0, 0.05) is 25.5 Å². The van der Waals surface area contributed by atoms with Gasteiger partial charge < -0.3 is 9.47 Å². The highest BCUT2D eigenvalue weighted by Gasteiger charge is 2.38. The van der Waals surface area contributed by atoms with E-state index in [0.29, 0.717) is 11.6 Å². The molecule has 1 fully saturated rings. The molecule has 2 aromatic carbocycles. The molecule has 6 nitrogen and oxygen atoms in total. The summed E-state index contributed by atoms with van der Waals surface area (Å²) in [4.78, 5) is 6.55. The molecule has 7 heteroatoms. The molecule has 33 heavy (non-hydrogen) atoms. The van der Waals surface area contributed by atoms with Crippen LogP contribution in [0.5, 0.6) is 0 Å². The molecular weight excluding hydrogens is 432 g/mol. The number of hydrogen-bond donors (Lipinski definition) is 1. The van der Waals surface area contributed by atoms with Gasteiger partial charge in [0.25, 0.3) is 10.0 Å². The molecule has 176 valence electrons. The lowest BCUT2D eigenvalue weighted by atomic mass is 9.68. The predicted molar refractivity (Wildman–Crippen MR) is 133 cm³/mol. The van der Waals surface area contributed by atoms with Crippen LogP contribution in [0, 0.1) is 5.92 Å². The lowest BCUT2D eigenvalue weighted by Crippen LogP contribution is -2.47. The summed E-state index contributed by atoms with van der Waals surface area (Å²) >= 11 is 0. The number of rotatable bonds is 8. The molecular formula is C26H34N4O2S. The number of imidazole rings is 1. The van der Waals surface area contributed by atoms with Crippen molar-refractivity contribution in [2.24, 2.45) is 13.0 Å². The van der Waals surface area contributed by atoms with Crippen LogP contribution in [0.3, 0.4) is 0 Å². The Bertz CT molecular complexity index is 1180. The van der Waals surface area contributed by atoms with Crippen LogP contribution in [0.1, 0.15) is 37.8 Å². The van der Waals surface area contributed by atoms with Crippen LogP contribution in [-0.4, -0.2) is 42.5 Å². The zero-order valence-electron chi connectivity index (χ0n) is 19.7. The van der Waals surface area contributed by atoms with Crippen LogP contribution in [0.2, 0.25) is 0 Å². The maximum absolute atomic E-state index is 12.7. The summed E-state index contributed by atoms with van der Waals surface area (Å²) in [6.45, 7) is 7.84. The Hall–Kier alpha value is -2.64. The monoisotopic (exact) mass is 466 g/mol. The molecule has 1 saturated heterocycles. The van der Waals surface area contributed by atoms with Crippen molar-refractivity contribution in [1.82, 2.24) is 14.5 Å². The Balaban J connectivity index is 1.39. The van der Waals surface area contributed by atoms with Crippen molar-refractivity contribution in [3.05, 3.63) is 78.2 Å². The third kappa shape index (κ3) is 5.47. The summed E-state index contributed by atoms with van der Waals surface area (Å²) in [5.74, 6) is 0.464. The molecule has 0 amide bonds. The number of nitrogens with zero attached hydrogens (tertiary/aromatic N) is 3. The van der Waals surface area contributed by atoms with E-state index >= 15 is 0 Å². The fourth-order valence-corrected chi connectivity index (χ4v) is 5.81. The number of piperidine rings is 1. The molecule has 2 unspecified atom stereocenters. The second kappa shape index (κ2) is 9.69. The topological polar surface area (TPSA) is 67.2 Å². The van der Waals surface area contributed by atoms with Gasteiger partial charge >= 0.3 is 0 Å². The van der Waals surface area contributed by atoms with Crippen molar-refractivity contribution in [1.29, 1.82) is 0 Å². The molecule has 0 aliphatic carbocycles. The summed E-state index contributed by atoms with van der Waals surface area (Å²) < 4.78 is 29.7. The highest BCUT2D eigenvalue weighted by molar-refractivity contribution is 7.92. The minimum absolute atomic E-state index is 0.00236. The van der Waals surface area contributed by atoms with Gasteiger partial charge in [-0.2, -0.15) is 8.42 Å². The highest BCUT2D eigenvalue weighted by atomic mass is 32.2. The first kappa shape index (κ1) is 23.5. The number of sulfonamides is 1. The molecule has 0 spiro atoms. The Morgan fingerprint density at radius 3 is 2.64 bits per heavy atom. The molecule has 1 N–H and O–H groups in total. The predicted octanol–water partition coefficient (Wildman–Crippen LogP) is 4.45. The molecule has 1 aliphatic rings. The first-order valence-corrected chi connectivity index (χ1v) is 13.1. The van der Waals surface area contributed by atoms with Crippen molar-refractivity contribution in [2.45, 2.75) is 43.6 Å². The lowest BCUT2D eigenvalue weighted by molar-refractivity contribution is 0.110. The first-order valence-electron chi connectivity index (χ1n) is 11.6. The second-order valence-electron chi connectivity index (χ2n) is 9.52. The van der Waals surface area contributed by atoms with E-state index in [2.05, 4.69) is 64.9 Å². The number of anilines is 1. The van der Waals surface area contributed by atoms with E-state index < -0.39 is 10.0 Å². The zero-order chi connectivity index (χ0) is 23.5. The summed E-state index contributed by atoms with van der Waals surface area (Å²) in [7, 11) is -1.95. The smallest absolute Gasteiger partial charge is 0.280 e. The number of benzene rings is 2. The van der Waals surface area contributed by atoms with Crippen molar-refractivity contribution >= 4 is 15.7 Å². The Morgan fingerprint density at radius 2 is 1.94 bits per heavy atom. The average molecular weight is 467 g/mol. The van der Waals surface area contributed by atoms with Crippen molar-refractivity contribution in [2.75, 3.05) is 24.4 Å². The van der Waals surface area contributed by atoms with Crippen LogP contribution in [-0.2, 0) is 28.9 Å². The van der Waals surface area contributed by atoms with Crippen molar-refractivity contribution in [3.63, 3.8) is 0 Å². The molecule has 0 radical (unpaired) electrons. The van der Waals surface area contributed by atoms with E-state index in [-0.39, 0.29) is 10.4 Å². The van der Waals surface area contributed by atoms with E-state index in [0.717, 1.165) is 38.9 Å². The van der Waals surface area contributed by atoms with Gasteiger partial charge in [-0.3, -0.25) is 4.72 Å². The summed E-state index contributed by atoms with van der Waals surface area (Å²) in [6.07, 6.45) is 6.32. The Labute approximate surface area is 197 Å². The molecule has 0 saturated carbocycles. The largest absolute Gasteiger partial charge is 0.339 e. The van der Waals surface area contributed by atoms with E-state index in [9.17, 15) is 8.42 Å². The van der Waals surface area contributed by atoms with Gasteiger partial charge in [-0.25, -0.2) is 4.98 Å². The normalized spacial score (nSPS) is 21.7. The third-order valence-corrected chi connectivity index (χ3v) is 8.35. The van der Waals surface area contributed by atoms with Crippen molar-refractivity contribution in [3.8, 4) is 0 Å². The number of likely N-dealkylation sites (tertiary alicyclic amines) is 1. The van der Waals surface area contributed by atoms with Crippen LogP contribution in [0.15, 0.2) is 72.1 Å². The second-order valence-corrected chi connectivity index (χ2v) is 11.2. The van der Waals surface area contributed by atoms with Crippen LogP contribution < -0.4 is 4.72 Å². The van der Waals surface area contributed by atoms with Crippen LogP contribution >= 0.6 is 0 Å².